The Morgan fingerprint density at radius 1 is 1.03 bits per heavy atom. The first kappa shape index (κ1) is 24.5. The molecule has 0 aromatic heterocycles. The highest BCUT2D eigenvalue weighted by Gasteiger charge is 2.35. The van der Waals surface area contributed by atoms with E-state index in [4.69, 9.17) is 4.74 Å². The van der Waals surface area contributed by atoms with E-state index in [2.05, 4.69) is 5.32 Å². The van der Waals surface area contributed by atoms with Gasteiger partial charge < -0.3 is 10.1 Å². The predicted molar refractivity (Wildman–Crippen MR) is 126 cm³/mol. The largest absolute Gasteiger partial charge is 0.496 e. The molecule has 33 heavy (non-hydrogen) atoms. The quantitative estimate of drug-likeness (QED) is 0.213. The molecule has 0 spiro atoms. The predicted octanol–water partition coefficient (Wildman–Crippen LogP) is 7.66. The van der Waals surface area contributed by atoms with E-state index in [-0.39, 0.29) is 12.3 Å². The maximum Gasteiger partial charge on any atom is 0.417 e. The molecule has 0 bridgehead atoms. The third-order valence-corrected chi connectivity index (χ3v) is 5.47. The molecule has 0 unspecified atom stereocenters. The second-order valence-electron chi connectivity index (χ2n) is 7.76. The van der Waals surface area contributed by atoms with Crippen molar-refractivity contribution >= 4 is 11.9 Å². The molecule has 0 aliphatic rings. The van der Waals surface area contributed by atoms with Crippen LogP contribution in [0.25, 0.3) is 23.0 Å². The Labute approximate surface area is 191 Å². The molecule has 0 radical (unpaired) electrons. The van der Waals surface area contributed by atoms with Gasteiger partial charge in [0, 0.05) is 17.7 Å². The molecule has 0 aliphatic carbocycles. The molecule has 3 aromatic carbocycles. The van der Waals surface area contributed by atoms with Crippen molar-refractivity contribution in [3.8, 4) is 16.9 Å². The summed E-state index contributed by atoms with van der Waals surface area (Å²) in [6, 6.07) is 17.0. The fourth-order valence-corrected chi connectivity index (χ4v) is 3.74. The standard InChI is InChI=1S/C27H27F4NO/c1-4-13-32-17-21-14-24(27(29,30)31)23(16-26(21)33-3)25(28)15-20-11-8-12-22(18(20)2)19-9-6-5-7-10-19/h5-12,14-16,32H,4,13,17H2,1-3H3/b25-15-. The summed E-state index contributed by atoms with van der Waals surface area (Å²) < 4.78 is 62.2. The highest BCUT2D eigenvalue weighted by atomic mass is 19.4. The number of ether oxygens (including phenoxy) is 1. The molecule has 2 nitrogen and oxygen atoms in total. The molecule has 174 valence electrons. The highest BCUT2D eigenvalue weighted by molar-refractivity contribution is 5.83. The Bertz CT molecular complexity index is 1120. The SMILES string of the molecule is CCCNCc1cc(C(F)(F)F)c(/C(F)=C/c2cccc(-c3ccccc3)c2C)cc1OC. The number of rotatable bonds is 8. The van der Waals surface area contributed by atoms with Crippen molar-refractivity contribution in [1.29, 1.82) is 0 Å². The molecule has 0 fully saturated rings. The molecule has 0 heterocycles. The fourth-order valence-electron chi connectivity index (χ4n) is 3.74. The Balaban J connectivity index is 2.08. The molecule has 3 rings (SSSR count). The summed E-state index contributed by atoms with van der Waals surface area (Å²) in [5.41, 5.74) is 1.90. The van der Waals surface area contributed by atoms with Crippen LogP contribution in [0.1, 0.15) is 41.2 Å². The van der Waals surface area contributed by atoms with E-state index in [9.17, 15) is 13.2 Å². The van der Waals surface area contributed by atoms with Crippen molar-refractivity contribution < 1.29 is 22.3 Å². The van der Waals surface area contributed by atoms with Crippen molar-refractivity contribution in [2.24, 2.45) is 0 Å². The van der Waals surface area contributed by atoms with Gasteiger partial charge in [0.15, 0.2) is 0 Å². The van der Waals surface area contributed by atoms with Crippen LogP contribution in [0.4, 0.5) is 17.6 Å². The Morgan fingerprint density at radius 3 is 2.39 bits per heavy atom. The second-order valence-corrected chi connectivity index (χ2v) is 7.76. The minimum absolute atomic E-state index is 0.198. The molecule has 6 heteroatoms. The zero-order valence-electron chi connectivity index (χ0n) is 18.9. The van der Waals surface area contributed by atoms with Gasteiger partial charge in [-0.1, -0.05) is 55.5 Å². The van der Waals surface area contributed by atoms with E-state index in [0.717, 1.165) is 41.3 Å². The van der Waals surface area contributed by atoms with E-state index in [1.54, 1.807) is 12.1 Å². The Kier molecular flexibility index (Phi) is 7.92. The van der Waals surface area contributed by atoms with Crippen molar-refractivity contribution in [2.75, 3.05) is 13.7 Å². The average molecular weight is 458 g/mol. The van der Waals surface area contributed by atoms with Crippen LogP contribution < -0.4 is 10.1 Å². The molecular weight excluding hydrogens is 430 g/mol. The topological polar surface area (TPSA) is 21.3 Å². The summed E-state index contributed by atoms with van der Waals surface area (Å²) in [5, 5.41) is 3.07. The molecule has 0 saturated carbocycles. The number of alkyl halides is 3. The summed E-state index contributed by atoms with van der Waals surface area (Å²) in [5.74, 6) is -0.762. The number of nitrogens with one attached hydrogen (secondary N) is 1. The zero-order chi connectivity index (χ0) is 24.0. The van der Waals surface area contributed by atoms with Gasteiger partial charge in [-0.2, -0.15) is 13.2 Å². The number of hydrogen-bond donors (Lipinski definition) is 1. The van der Waals surface area contributed by atoms with Crippen LogP contribution in [0.5, 0.6) is 5.75 Å². The molecule has 0 atom stereocenters. The van der Waals surface area contributed by atoms with Gasteiger partial charge in [0.25, 0.3) is 0 Å². The molecule has 1 N–H and O–H groups in total. The van der Waals surface area contributed by atoms with Gasteiger partial charge in [0.05, 0.1) is 12.7 Å². The number of benzene rings is 3. The summed E-state index contributed by atoms with van der Waals surface area (Å²) in [4.78, 5) is 0. The highest BCUT2D eigenvalue weighted by Crippen LogP contribution is 2.40. The average Bonchev–Trinajstić information content (AvgIpc) is 2.80. The van der Waals surface area contributed by atoms with Crippen molar-refractivity contribution in [2.45, 2.75) is 33.0 Å². The van der Waals surface area contributed by atoms with Gasteiger partial charge in [-0.15, -0.1) is 0 Å². The lowest BCUT2D eigenvalue weighted by Gasteiger charge is -2.17. The summed E-state index contributed by atoms with van der Waals surface area (Å²) in [6.45, 7) is 4.64. The first-order valence-electron chi connectivity index (χ1n) is 10.8. The van der Waals surface area contributed by atoms with Gasteiger partial charge in [0.2, 0.25) is 0 Å². The van der Waals surface area contributed by atoms with Crippen LogP contribution in [-0.4, -0.2) is 13.7 Å². The van der Waals surface area contributed by atoms with Gasteiger partial charge >= 0.3 is 6.18 Å². The van der Waals surface area contributed by atoms with Crippen LogP contribution >= 0.6 is 0 Å². The summed E-state index contributed by atoms with van der Waals surface area (Å²) >= 11 is 0. The lowest BCUT2D eigenvalue weighted by molar-refractivity contribution is -0.137. The number of hydrogen-bond acceptors (Lipinski definition) is 2. The van der Waals surface area contributed by atoms with Crippen molar-refractivity contribution in [3.05, 3.63) is 88.5 Å². The van der Waals surface area contributed by atoms with Crippen LogP contribution in [0.2, 0.25) is 0 Å². The third-order valence-electron chi connectivity index (χ3n) is 5.47. The number of halogens is 4. The molecule has 0 aliphatic heterocycles. The van der Waals surface area contributed by atoms with Crippen LogP contribution in [-0.2, 0) is 12.7 Å². The minimum Gasteiger partial charge on any atom is -0.496 e. The maximum atomic E-state index is 15.4. The van der Waals surface area contributed by atoms with Gasteiger partial charge in [0.1, 0.15) is 11.6 Å². The van der Waals surface area contributed by atoms with Crippen LogP contribution in [0.15, 0.2) is 60.7 Å². The molecular formula is C27H27F4NO. The normalized spacial score (nSPS) is 12.2. The number of methoxy groups -OCH3 is 1. The second kappa shape index (κ2) is 10.7. The van der Waals surface area contributed by atoms with Crippen molar-refractivity contribution in [3.63, 3.8) is 0 Å². The smallest absolute Gasteiger partial charge is 0.417 e. The third kappa shape index (κ3) is 5.82. The first-order valence-corrected chi connectivity index (χ1v) is 10.8. The minimum atomic E-state index is -4.72. The maximum absolute atomic E-state index is 15.4. The van der Waals surface area contributed by atoms with Crippen LogP contribution in [0, 0.1) is 6.92 Å². The van der Waals surface area contributed by atoms with E-state index >= 15 is 4.39 Å². The van der Waals surface area contributed by atoms with Crippen LogP contribution in [0.3, 0.4) is 0 Å². The molecule has 3 aromatic rings. The van der Waals surface area contributed by atoms with E-state index in [1.807, 2.05) is 50.2 Å². The molecule has 0 saturated heterocycles. The summed E-state index contributed by atoms with van der Waals surface area (Å²) in [7, 11) is 1.37. The zero-order valence-corrected chi connectivity index (χ0v) is 18.9. The van der Waals surface area contributed by atoms with E-state index in [0.29, 0.717) is 17.7 Å². The summed E-state index contributed by atoms with van der Waals surface area (Å²) in [6.07, 6.45) is -2.72. The monoisotopic (exact) mass is 457 g/mol. The van der Waals surface area contributed by atoms with Gasteiger partial charge in [-0.3, -0.25) is 0 Å². The van der Waals surface area contributed by atoms with E-state index in [1.165, 1.54) is 7.11 Å². The Morgan fingerprint density at radius 2 is 1.76 bits per heavy atom. The first-order chi connectivity index (χ1) is 15.8. The molecule has 0 amide bonds. The van der Waals surface area contributed by atoms with Gasteiger partial charge in [-0.25, -0.2) is 4.39 Å². The van der Waals surface area contributed by atoms with Gasteiger partial charge in [-0.05, 0) is 60.4 Å². The fraction of sp³-hybridized carbons (Fsp3) is 0.259. The van der Waals surface area contributed by atoms with Crippen molar-refractivity contribution in [1.82, 2.24) is 5.32 Å². The lowest BCUT2D eigenvalue weighted by atomic mass is 9.95. The van der Waals surface area contributed by atoms with E-state index < -0.39 is 23.1 Å². The Hall–Kier alpha value is -3.12. The lowest BCUT2D eigenvalue weighted by Crippen LogP contribution is -2.16.